The van der Waals surface area contributed by atoms with Gasteiger partial charge in [-0.15, -0.1) is 0 Å². The van der Waals surface area contributed by atoms with E-state index < -0.39 is 0 Å². The molecule has 4 nitrogen and oxygen atoms in total. The van der Waals surface area contributed by atoms with Crippen molar-refractivity contribution in [1.29, 1.82) is 0 Å². The molecular formula is C14H15IN4. The maximum atomic E-state index is 4.32. The second-order valence-electron chi connectivity index (χ2n) is 4.22. The molecule has 1 heterocycles. The number of anilines is 2. The third-order valence-corrected chi connectivity index (χ3v) is 3.20. The van der Waals surface area contributed by atoms with Gasteiger partial charge in [-0.05, 0) is 59.0 Å². The molecule has 0 atom stereocenters. The molecule has 98 valence electrons. The van der Waals surface area contributed by atoms with E-state index in [1.165, 1.54) is 3.57 Å². The van der Waals surface area contributed by atoms with Crippen molar-refractivity contribution in [2.75, 3.05) is 24.4 Å². The van der Waals surface area contributed by atoms with Crippen molar-refractivity contribution in [3.05, 3.63) is 51.7 Å². The summed E-state index contributed by atoms with van der Waals surface area (Å²) >= 11 is 2.27. The number of hydrogen-bond donors (Lipinski definition) is 1. The van der Waals surface area contributed by atoms with Gasteiger partial charge in [-0.3, -0.25) is 5.43 Å². The van der Waals surface area contributed by atoms with Crippen molar-refractivity contribution in [1.82, 2.24) is 4.98 Å². The molecule has 0 spiro atoms. The molecule has 0 bridgehead atoms. The van der Waals surface area contributed by atoms with E-state index in [9.17, 15) is 0 Å². The molecule has 19 heavy (non-hydrogen) atoms. The van der Waals surface area contributed by atoms with Gasteiger partial charge < -0.3 is 4.90 Å². The summed E-state index contributed by atoms with van der Waals surface area (Å²) in [4.78, 5) is 6.28. The quantitative estimate of drug-likeness (QED) is 0.513. The van der Waals surface area contributed by atoms with Crippen LogP contribution in [0.5, 0.6) is 0 Å². The maximum Gasteiger partial charge on any atom is 0.127 e. The lowest BCUT2D eigenvalue weighted by atomic mass is 10.3. The first-order chi connectivity index (χ1) is 9.15. The van der Waals surface area contributed by atoms with Gasteiger partial charge in [0.15, 0.2) is 0 Å². The first-order valence-electron chi connectivity index (χ1n) is 5.83. The van der Waals surface area contributed by atoms with Crippen LogP contribution < -0.4 is 10.3 Å². The lowest BCUT2D eigenvalue weighted by Gasteiger charge is -2.10. The van der Waals surface area contributed by atoms with Crippen molar-refractivity contribution in [3.8, 4) is 0 Å². The zero-order valence-electron chi connectivity index (χ0n) is 10.8. The number of hydrogen-bond acceptors (Lipinski definition) is 4. The Morgan fingerprint density at radius 2 is 1.89 bits per heavy atom. The summed E-state index contributed by atoms with van der Waals surface area (Å²) in [6, 6.07) is 12.0. The van der Waals surface area contributed by atoms with Crippen LogP contribution in [0.25, 0.3) is 0 Å². The van der Waals surface area contributed by atoms with Crippen LogP contribution in [0.3, 0.4) is 0 Å². The van der Waals surface area contributed by atoms with Crippen LogP contribution in [0.2, 0.25) is 0 Å². The molecule has 2 aromatic rings. The fraction of sp³-hybridized carbons (Fsp3) is 0.143. The van der Waals surface area contributed by atoms with Gasteiger partial charge in [-0.25, -0.2) is 4.98 Å². The van der Waals surface area contributed by atoms with E-state index in [-0.39, 0.29) is 0 Å². The molecule has 2 rings (SSSR count). The smallest absolute Gasteiger partial charge is 0.127 e. The Bertz CT molecular complexity index is 547. The summed E-state index contributed by atoms with van der Waals surface area (Å²) in [6.07, 6.45) is 3.55. The predicted octanol–water partition coefficient (Wildman–Crippen LogP) is 3.20. The minimum atomic E-state index is 0.933. The molecule has 0 unspecified atom stereocenters. The fourth-order valence-electron chi connectivity index (χ4n) is 1.44. The molecule has 0 amide bonds. The van der Waals surface area contributed by atoms with Gasteiger partial charge >= 0.3 is 0 Å². The first kappa shape index (κ1) is 13.8. The van der Waals surface area contributed by atoms with E-state index in [1.54, 1.807) is 12.4 Å². The first-order valence-corrected chi connectivity index (χ1v) is 6.91. The molecule has 1 N–H and O–H groups in total. The van der Waals surface area contributed by atoms with Crippen LogP contribution in [0.15, 0.2) is 47.7 Å². The van der Waals surface area contributed by atoms with E-state index in [4.69, 9.17) is 0 Å². The number of rotatable bonds is 4. The molecule has 1 aromatic carbocycles. The zero-order chi connectivity index (χ0) is 13.7. The van der Waals surface area contributed by atoms with Crippen LogP contribution in [0.4, 0.5) is 11.5 Å². The summed E-state index contributed by atoms with van der Waals surface area (Å²) in [5.74, 6) is 0.933. The Balaban J connectivity index is 1.97. The van der Waals surface area contributed by atoms with Crippen molar-refractivity contribution in [2.24, 2.45) is 5.10 Å². The highest BCUT2D eigenvalue weighted by atomic mass is 127. The number of nitrogens with one attached hydrogen (secondary N) is 1. The van der Waals surface area contributed by atoms with Crippen LogP contribution in [0, 0.1) is 3.57 Å². The third kappa shape index (κ3) is 4.20. The highest BCUT2D eigenvalue weighted by Gasteiger charge is 1.95. The monoisotopic (exact) mass is 366 g/mol. The molecule has 1 aromatic heterocycles. The number of halogens is 1. The highest BCUT2D eigenvalue weighted by molar-refractivity contribution is 14.1. The minimum absolute atomic E-state index is 0.933. The van der Waals surface area contributed by atoms with E-state index in [2.05, 4.69) is 38.1 Å². The maximum absolute atomic E-state index is 4.32. The van der Waals surface area contributed by atoms with E-state index in [0.717, 1.165) is 17.1 Å². The van der Waals surface area contributed by atoms with Crippen LogP contribution >= 0.6 is 22.6 Å². The molecule has 0 fully saturated rings. The molecule has 0 aliphatic rings. The highest BCUT2D eigenvalue weighted by Crippen LogP contribution is 2.11. The van der Waals surface area contributed by atoms with E-state index >= 15 is 0 Å². The standard InChI is InChI=1S/C14H15IN4/c1-19(2)14-8-3-11(9-16-14)10-17-18-13-6-4-12(15)5-7-13/h3-10,18H,1-2H3/b17-10+. The molecule has 0 saturated carbocycles. The largest absolute Gasteiger partial charge is 0.363 e. The van der Waals surface area contributed by atoms with E-state index in [0.29, 0.717) is 0 Å². The second-order valence-corrected chi connectivity index (χ2v) is 5.47. The SMILES string of the molecule is CN(C)c1ccc(/C=N/Nc2ccc(I)cc2)cn1. The van der Waals surface area contributed by atoms with E-state index in [1.807, 2.05) is 55.4 Å². The van der Waals surface area contributed by atoms with Crippen LogP contribution in [0.1, 0.15) is 5.56 Å². The molecule has 0 aliphatic carbocycles. The van der Waals surface area contributed by atoms with Gasteiger partial charge in [-0.2, -0.15) is 5.10 Å². The van der Waals surface area contributed by atoms with Gasteiger partial charge in [0.2, 0.25) is 0 Å². The summed E-state index contributed by atoms with van der Waals surface area (Å²) in [7, 11) is 3.93. The van der Waals surface area contributed by atoms with Gasteiger partial charge in [0.05, 0.1) is 11.9 Å². The molecule has 5 heteroatoms. The normalized spacial score (nSPS) is 10.7. The van der Waals surface area contributed by atoms with Gasteiger partial charge in [-0.1, -0.05) is 0 Å². The second kappa shape index (κ2) is 6.51. The summed E-state index contributed by atoms with van der Waals surface area (Å²) in [6.45, 7) is 0. The lowest BCUT2D eigenvalue weighted by molar-refractivity contribution is 1.07. The third-order valence-electron chi connectivity index (χ3n) is 2.48. The van der Waals surface area contributed by atoms with Crippen molar-refractivity contribution in [2.45, 2.75) is 0 Å². The minimum Gasteiger partial charge on any atom is -0.363 e. The van der Waals surface area contributed by atoms with Crippen LogP contribution in [-0.4, -0.2) is 25.3 Å². The average Bonchev–Trinajstić information content (AvgIpc) is 2.41. The summed E-state index contributed by atoms with van der Waals surface area (Å²) < 4.78 is 1.20. The predicted molar refractivity (Wildman–Crippen MR) is 88.9 cm³/mol. The molecule has 0 saturated heterocycles. The number of hydrazone groups is 1. The van der Waals surface area contributed by atoms with Crippen molar-refractivity contribution >= 4 is 40.3 Å². The summed E-state index contributed by atoms with van der Waals surface area (Å²) in [5, 5.41) is 4.18. The number of nitrogens with zero attached hydrogens (tertiary/aromatic N) is 3. The van der Waals surface area contributed by atoms with Gasteiger partial charge in [0.25, 0.3) is 0 Å². The number of aromatic nitrogens is 1. The Kier molecular flexibility index (Phi) is 4.73. The Hall–Kier alpha value is -1.63. The fourth-order valence-corrected chi connectivity index (χ4v) is 1.80. The van der Waals surface area contributed by atoms with Gasteiger partial charge in [0.1, 0.15) is 5.82 Å². The molecule has 0 aliphatic heterocycles. The number of pyridine rings is 1. The Morgan fingerprint density at radius 3 is 2.47 bits per heavy atom. The Labute approximate surface area is 126 Å². The average molecular weight is 366 g/mol. The van der Waals surface area contributed by atoms with Gasteiger partial charge in [0, 0.05) is 29.4 Å². The summed E-state index contributed by atoms with van der Waals surface area (Å²) in [5.41, 5.74) is 4.91. The van der Waals surface area contributed by atoms with Crippen LogP contribution in [-0.2, 0) is 0 Å². The van der Waals surface area contributed by atoms with Crippen molar-refractivity contribution in [3.63, 3.8) is 0 Å². The topological polar surface area (TPSA) is 40.5 Å². The zero-order valence-corrected chi connectivity index (χ0v) is 13.0. The molecule has 0 radical (unpaired) electrons. The van der Waals surface area contributed by atoms with Crippen molar-refractivity contribution < 1.29 is 0 Å². The lowest BCUT2D eigenvalue weighted by Crippen LogP contribution is -2.10. The molecular weight excluding hydrogens is 351 g/mol. The number of benzene rings is 1. The Morgan fingerprint density at radius 1 is 1.16 bits per heavy atom.